The molecule has 0 radical (unpaired) electrons. The summed E-state index contributed by atoms with van der Waals surface area (Å²) in [5.41, 5.74) is 5.77. The number of rotatable bonds is 2. The van der Waals surface area contributed by atoms with Crippen molar-refractivity contribution in [2.24, 2.45) is 5.73 Å². The fourth-order valence-corrected chi connectivity index (χ4v) is 3.42. The molecule has 0 aromatic heterocycles. The van der Waals surface area contributed by atoms with E-state index in [2.05, 4.69) is 0 Å². The average molecular weight is 287 g/mol. The molecule has 0 atom stereocenters. The molecular weight excluding hydrogens is 269 g/mol. The van der Waals surface area contributed by atoms with Crippen molar-refractivity contribution in [2.45, 2.75) is 42.5 Å². The van der Waals surface area contributed by atoms with Crippen LogP contribution in [-0.2, 0) is 15.4 Å². The van der Waals surface area contributed by atoms with Crippen LogP contribution >= 0.6 is 0 Å². The Kier molecular flexibility index (Phi) is 3.57. The summed E-state index contributed by atoms with van der Waals surface area (Å²) in [5.74, 6) is -1.10. The molecule has 1 fully saturated rings. The largest absolute Gasteiger partial charge is 0.508 e. The molecule has 0 bridgehead atoms. The van der Waals surface area contributed by atoms with Crippen LogP contribution in [0.15, 0.2) is 17.0 Å². The van der Waals surface area contributed by atoms with E-state index >= 15 is 0 Å². The van der Waals surface area contributed by atoms with Crippen LogP contribution in [0.4, 0.5) is 4.39 Å². The Morgan fingerprint density at radius 2 is 1.84 bits per heavy atom. The van der Waals surface area contributed by atoms with Crippen LogP contribution in [0, 0.1) is 5.82 Å². The van der Waals surface area contributed by atoms with Gasteiger partial charge < -0.3 is 10.8 Å². The molecule has 1 saturated carbocycles. The van der Waals surface area contributed by atoms with Crippen molar-refractivity contribution in [1.82, 2.24) is 0 Å². The second-order valence-electron chi connectivity index (χ2n) is 5.29. The maximum atomic E-state index is 13.9. The zero-order chi connectivity index (χ0) is 14.3. The van der Waals surface area contributed by atoms with E-state index in [9.17, 15) is 17.9 Å². The summed E-state index contributed by atoms with van der Waals surface area (Å²) in [6.07, 6.45) is 5.15. The number of phenols is 1. The van der Waals surface area contributed by atoms with Gasteiger partial charge >= 0.3 is 0 Å². The first-order valence-electron chi connectivity index (χ1n) is 6.26. The summed E-state index contributed by atoms with van der Waals surface area (Å²) in [6.45, 7) is 0. The zero-order valence-corrected chi connectivity index (χ0v) is 11.6. The summed E-state index contributed by atoms with van der Waals surface area (Å²) >= 11 is 0. The van der Waals surface area contributed by atoms with Gasteiger partial charge in [0, 0.05) is 23.4 Å². The van der Waals surface area contributed by atoms with Crippen molar-refractivity contribution >= 4 is 9.84 Å². The Balaban J connectivity index is 2.52. The lowest BCUT2D eigenvalue weighted by molar-refractivity contribution is 0.290. The van der Waals surface area contributed by atoms with Gasteiger partial charge in [-0.05, 0) is 18.9 Å². The number of hydrogen-bond acceptors (Lipinski definition) is 4. The average Bonchev–Trinajstić information content (AvgIpc) is 2.31. The highest BCUT2D eigenvalue weighted by Gasteiger charge is 2.33. The first-order valence-corrected chi connectivity index (χ1v) is 8.15. The van der Waals surface area contributed by atoms with Gasteiger partial charge in [0.25, 0.3) is 0 Å². The van der Waals surface area contributed by atoms with Gasteiger partial charge in [-0.3, -0.25) is 0 Å². The number of sulfone groups is 1. The van der Waals surface area contributed by atoms with Crippen LogP contribution in [0.5, 0.6) is 5.75 Å². The molecule has 106 valence electrons. The number of aromatic hydroxyl groups is 1. The fourth-order valence-electron chi connectivity index (χ4n) is 2.68. The minimum Gasteiger partial charge on any atom is -0.508 e. The maximum absolute atomic E-state index is 13.9. The van der Waals surface area contributed by atoms with E-state index in [0.29, 0.717) is 18.4 Å². The van der Waals surface area contributed by atoms with Gasteiger partial charge in [-0.1, -0.05) is 19.3 Å². The number of benzene rings is 1. The number of halogens is 1. The molecule has 0 aliphatic heterocycles. The highest BCUT2D eigenvalue weighted by atomic mass is 32.2. The summed E-state index contributed by atoms with van der Waals surface area (Å²) in [7, 11) is -3.70. The Morgan fingerprint density at radius 3 is 2.37 bits per heavy atom. The van der Waals surface area contributed by atoms with Crippen LogP contribution in [0.2, 0.25) is 0 Å². The van der Waals surface area contributed by atoms with Crippen LogP contribution in [0.25, 0.3) is 0 Å². The summed E-state index contributed by atoms with van der Waals surface area (Å²) < 4.78 is 36.7. The van der Waals surface area contributed by atoms with Crippen molar-refractivity contribution in [3.05, 3.63) is 23.5 Å². The van der Waals surface area contributed by atoms with Crippen molar-refractivity contribution in [3.63, 3.8) is 0 Å². The van der Waals surface area contributed by atoms with Gasteiger partial charge in [-0.15, -0.1) is 0 Å². The molecule has 1 aliphatic carbocycles. The Labute approximate surface area is 112 Å². The molecule has 19 heavy (non-hydrogen) atoms. The molecule has 0 unspecified atom stereocenters. The van der Waals surface area contributed by atoms with Crippen molar-refractivity contribution in [2.75, 3.05) is 6.26 Å². The normalized spacial score (nSPS) is 19.3. The first-order chi connectivity index (χ1) is 8.74. The molecule has 1 aromatic carbocycles. The highest BCUT2D eigenvalue weighted by molar-refractivity contribution is 7.90. The topological polar surface area (TPSA) is 80.4 Å². The third-order valence-electron chi connectivity index (χ3n) is 3.73. The maximum Gasteiger partial charge on any atom is 0.178 e. The van der Waals surface area contributed by atoms with Gasteiger partial charge in [0.1, 0.15) is 16.5 Å². The van der Waals surface area contributed by atoms with Gasteiger partial charge in [0.15, 0.2) is 9.84 Å². The van der Waals surface area contributed by atoms with E-state index < -0.39 is 26.1 Å². The molecule has 2 rings (SSSR count). The van der Waals surface area contributed by atoms with Crippen molar-refractivity contribution in [1.29, 1.82) is 0 Å². The third kappa shape index (κ3) is 2.74. The van der Waals surface area contributed by atoms with E-state index in [0.717, 1.165) is 37.7 Å². The molecule has 0 spiro atoms. The molecule has 0 saturated heterocycles. The molecule has 0 amide bonds. The molecule has 6 heteroatoms. The predicted octanol–water partition coefficient (Wildman–Crippen LogP) is 2.05. The standard InChI is InChI=1S/C13H18FNO3S/c1-19(17,18)12-8-11(16)9(7-10(12)14)13(15)5-3-2-4-6-13/h7-8,16H,2-6,15H2,1H3. The summed E-state index contributed by atoms with van der Waals surface area (Å²) in [5, 5.41) is 9.99. The van der Waals surface area contributed by atoms with Crippen LogP contribution < -0.4 is 5.73 Å². The lowest BCUT2D eigenvalue weighted by Gasteiger charge is -2.34. The minimum atomic E-state index is -3.70. The Morgan fingerprint density at radius 1 is 1.26 bits per heavy atom. The van der Waals surface area contributed by atoms with Crippen molar-refractivity contribution < 1.29 is 17.9 Å². The highest BCUT2D eigenvalue weighted by Crippen LogP contribution is 2.40. The summed E-state index contributed by atoms with van der Waals surface area (Å²) in [6, 6.07) is 2.03. The van der Waals surface area contributed by atoms with E-state index in [1.807, 2.05) is 0 Å². The molecule has 1 aromatic rings. The van der Waals surface area contributed by atoms with Gasteiger partial charge in [-0.25, -0.2) is 12.8 Å². The van der Waals surface area contributed by atoms with Gasteiger partial charge in [0.2, 0.25) is 0 Å². The lowest BCUT2D eigenvalue weighted by atomic mass is 9.77. The van der Waals surface area contributed by atoms with Crippen LogP contribution in [0.3, 0.4) is 0 Å². The number of nitrogens with two attached hydrogens (primary N) is 1. The summed E-state index contributed by atoms with van der Waals surface area (Å²) in [4.78, 5) is -0.492. The van der Waals surface area contributed by atoms with Gasteiger partial charge in [-0.2, -0.15) is 0 Å². The smallest absolute Gasteiger partial charge is 0.178 e. The fraction of sp³-hybridized carbons (Fsp3) is 0.538. The van der Waals surface area contributed by atoms with E-state index in [4.69, 9.17) is 5.73 Å². The SMILES string of the molecule is CS(=O)(=O)c1cc(O)c(C2(N)CCCCC2)cc1F. The quantitative estimate of drug-likeness (QED) is 0.872. The van der Waals surface area contributed by atoms with Crippen LogP contribution in [-0.4, -0.2) is 19.8 Å². The Hall–Kier alpha value is -1.14. The first kappa shape index (κ1) is 14.3. The molecular formula is C13H18FNO3S. The number of hydrogen-bond donors (Lipinski definition) is 2. The monoisotopic (exact) mass is 287 g/mol. The molecule has 1 aliphatic rings. The molecule has 4 nitrogen and oxygen atoms in total. The third-order valence-corrected chi connectivity index (χ3v) is 4.84. The van der Waals surface area contributed by atoms with Gasteiger partial charge in [0.05, 0.1) is 0 Å². The van der Waals surface area contributed by atoms with E-state index in [1.165, 1.54) is 0 Å². The van der Waals surface area contributed by atoms with Crippen LogP contribution in [0.1, 0.15) is 37.7 Å². The lowest BCUT2D eigenvalue weighted by Crippen LogP contribution is -2.38. The van der Waals surface area contributed by atoms with E-state index in [1.54, 1.807) is 0 Å². The second-order valence-corrected chi connectivity index (χ2v) is 7.27. The minimum absolute atomic E-state index is 0.244. The van der Waals surface area contributed by atoms with E-state index in [-0.39, 0.29) is 5.75 Å². The molecule has 3 N–H and O–H groups in total. The Bertz CT molecular complexity index is 592. The second kappa shape index (κ2) is 4.76. The zero-order valence-electron chi connectivity index (χ0n) is 10.8. The molecule has 0 heterocycles. The predicted molar refractivity (Wildman–Crippen MR) is 70.1 cm³/mol. The number of phenolic OH excluding ortho intramolecular Hbond substituents is 1. The van der Waals surface area contributed by atoms with Crippen molar-refractivity contribution in [3.8, 4) is 5.75 Å².